The summed E-state index contributed by atoms with van der Waals surface area (Å²) < 4.78 is 6.06. The predicted molar refractivity (Wildman–Crippen MR) is 106 cm³/mol. The molecular formula is C21H23ClN2O. The number of nitrogen functional groups attached to an aromatic ring is 1. The van der Waals surface area contributed by atoms with Gasteiger partial charge in [0, 0.05) is 16.8 Å². The summed E-state index contributed by atoms with van der Waals surface area (Å²) in [7, 11) is 0. The van der Waals surface area contributed by atoms with E-state index >= 15 is 0 Å². The molecule has 0 saturated heterocycles. The monoisotopic (exact) mass is 354 g/mol. The molecule has 1 aromatic heterocycles. The standard InChI is InChI=1S/C21H22N2O.ClH/c1-14-7-5-6-10-20(14)24-15-11-12-19-17(13-15)21(22)16-8-3-2-4-9-18(16)23-19;/h5-7,10-13H,2-4,8-9H2,1H3,(H2,22,23);1H. The number of fused-ring (bicyclic) bond motifs is 2. The maximum absolute atomic E-state index is 6.51. The zero-order chi connectivity index (χ0) is 16.5. The number of aromatic nitrogens is 1. The van der Waals surface area contributed by atoms with Crippen molar-refractivity contribution in [3.05, 3.63) is 59.3 Å². The van der Waals surface area contributed by atoms with Crippen LogP contribution in [0.4, 0.5) is 5.69 Å². The molecule has 0 saturated carbocycles. The Balaban J connectivity index is 0.00000182. The van der Waals surface area contributed by atoms with Crippen molar-refractivity contribution in [3.63, 3.8) is 0 Å². The van der Waals surface area contributed by atoms with Gasteiger partial charge in [0.2, 0.25) is 0 Å². The second kappa shape index (κ2) is 7.32. The van der Waals surface area contributed by atoms with Crippen molar-refractivity contribution < 1.29 is 4.74 Å². The van der Waals surface area contributed by atoms with Crippen LogP contribution in [0.25, 0.3) is 10.9 Å². The van der Waals surface area contributed by atoms with Crippen molar-refractivity contribution in [1.82, 2.24) is 4.98 Å². The van der Waals surface area contributed by atoms with Crippen LogP contribution in [0, 0.1) is 6.92 Å². The van der Waals surface area contributed by atoms with Gasteiger partial charge in [-0.3, -0.25) is 4.98 Å². The first-order valence-electron chi connectivity index (χ1n) is 8.67. The van der Waals surface area contributed by atoms with Crippen molar-refractivity contribution in [1.29, 1.82) is 0 Å². The first kappa shape index (κ1) is 17.6. The maximum atomic E-state index is 6.51. The van der Waals surface area contributed by atoms with Crippen LogP contribution in [0.5, 0.6) is 11.5 Å². The Morgan fingerprint density at radius 3 is 2.64 bits per heavy atom. The highest BCUT2D eigenvalue weighted by Crippen LogP contribution is 2.34. The summed E-state index contributed by atoms with van der Waals surface area (Å²) in [5.74, 6) is 1.68. The third-order valence-electron chi connectivity index (χ3n) is 4.85. The quantitative estimate of drug-likeness (QED) is 0.608. The summed E-state index contributed by atoms with van der Waals surface area (Å²) >= 11 is 0. The van der Waals surface area contributed by atoms with E-state index in [-0.39, 0.29) is 12.4 Å². The number of aryl methyl sites for hydroxylation is 2. The molecular weight excluding hydrogens is 332 g/mol. The fraction of sp³-hybridized carbons (Fsp3) is 0.286. The van der Waals surface area contributed by atoms with E-state index in [1.165, 1.54) is 30.5 Å². The fourth-order valence-electron chi connectivity index (χ4n) is 3.48. The third kappa shape index (κ3) is 3.42. The first-order valence-corrected chi connectivity index (χ1v) is 8.67. The molecule has 1 aliphatic carbocycles. The molecule has 0 atom stereocenters. The largest absolute Gasteiger partial charge is 0.457 e. The maximum Gasteiger partial charge on any atom is 0.130 e. The number of pyridine rings is 1. The van der Waals surface area contributed by atoms with Crippen molar-refractivity contribution >= 4 is 29.0 Å². The van der Waals surface area contributed by atoms with Crippen molar-refractivity contribution in [2.24, 2.45) is 0 Å². The number of hydrogen-bond donors (Lipinski definition) is 1. The van der Waals surface area contributed by atoms with Gasteiger partial charge in [-0.05, 0) is 68.0 Å². The Labute approximate surface area is 154 Å². The lowest BCUT2D eigenvalue weighted by molar-refractivity contribution is 0.479. The van der Waals surface area contributed by atoms with E-state index in [0.717, 1.165) is 46.5 Å². The number of rotatable bonds is 2. The van der Waals surface area contributed by atoms with Gasteiger partial charge in [0.1, 0.15) is 11.5 Å². The molecule has 0 radical (unpaired) electrons. The molecule has 2 N–H and O–H groups in total. The minimum atomic E-state index is 0. The van der Waals surface area contributed by atoms with Crippen LogP contribution in [0.15, 0.2) is 42.5 Å². The molecule has 0 aliphatic heterocycles. The molecule has 130 valence electrons. The Morgan fingerprint density at radius 2 is 1.80 bits per heavy atom. The van der Waals surface area contributed by atoms with Gasteiger partial charge in [0.05, 0.1) is 5.52 Å². The molecule has 3 nitrogen and oxygen atoms in total. The molecule has 0 amide bonds. The number of halogens is 1. The predicted octanol–water partition coefficient (Wildman–Crippen LogP) is 5.61. The smallest absolute Gasteiger partial charge is 0.130 e. The molecule has 3 aromatic rings. The molecule has 4 heteroatoms. The molecule has 1 heterocycles. The van der Waals surface area contributed by atoms with Crippen LogP contribution in [0.1, 0.15) is 36.1 Å². The van der Waals surface area contributed by atoms with E-state index in [1.54, 1.807) is 0 Å². The van der Waals surface area contributed by atoms with Gasteiger partial charge in [-0.1, -0.05) is 24.6 Å². The SMILES string of the molecule is Cc1ccccc1Oc1ccc2nc3c(c(N)c2c1)CCCCC3.Cl. The number of para-hydroxylation sites is 1. The van der Waals surface area contributed by atoms with Gasteiger partial charge >= 0.3 is 0 Å². The highest BCUT2D eigenvalue weighted by Gasteiger charge is 2.16. The summed E-state index contributed by atoms with van der Waals surface area (Å²) in [6.07, 6.45) is 5.74. The lowest BCUT2D eigenvalue weighted by Gasteiger charge is -2.14. The first-order chi connectivity index (χ1) is 11.7. The van der Waals surface area contributed by atoms with Crippen LogP contribution in [0.3, 0.4) is 0 Å². The van der Waals surface area contributed by atoms with Crippen LogP contribution in [-0.4, -0.2) is 4.98 Å². The third-order valence-corrected chi connectivity index (χ3v) is 4.85. The Morgan fingerprint density at radius 1 is 1.00 bits per heavy atom. The van der Waals surface area contributed by atoms with E-state index in [9.17, 15) is 0 Å². The number of nitrogens with two attached hydrogens (primary N) is 1. The Bertz CT molecular complexity index is 908. The summed E-state index contributed by atoms with van der Waals surface area (Å²) in [5, 5.41) is 1.00. The van der Waals surface area contributed by atoms with Gasteiger partial charge < -0.3 is 10.5 Å². The Kier molecular flexibility index (Phi) is 5.14. The Hall–Kier alpha value is -2.26. The van der Waals surface area contributed by atoms with Gasteiger partial charge in [-0.25, -0.2) is 0 Å². The topological polar surface area (TPSA) is 48.1 Å². The minimum Gasteiger partial charge on any atom is -0.457 e. The van der Waals surface area contributed by atoms with E-state index in [2.05, 4.69) is 0 Å². The molecule has 0 unspecified atom stereocenters. The number of anilines is 1. The molecule has 0 fully saturated rings. The average molecular weight is 355 g/mol. The average Bonchev–Trinajstić information content (AvgIpc) is 2.83. The number of hydrogen-bond acceptors (Lipinski definition) is 3. The molecule has 1 aliphatic rings. The van der Waals surface area contributed by atoms with Crippen molar-refractivity contribution in [2.75, 3.05) is 5.73 Å². The van der Waals surface area contributed by atoms with E-state index in [4.69, 9.17) is 15.5 Å². The van der Waals surface area contributed by atoms with Crippen LogP contribution in [-0.2, 0) is 12.8 Å². The fourth-order valence-corrected chi connectivity index (χ4v) is 3.48. The summed E-state index contributed by atoms with van der Waals surface area (Å²) in [6, 6.07) is 14.0. The molecule has 25 heavy (non-hydrogen) atoms. The van der Waals surface area contributed by atoms with Crippen molar-refractivity contribution in [2.45, 2.75) is 39.0 Å². The van der Waals surface area contributed by atoms with Crippen LogP contribution < -0.4 is 10.5 Å². The van der Waals surface area contributed by atoms with E-state index in [1.807, 2.05) is 49.4 Å². The second-order valence-electron chi connectivity index (χ2n) is 6.56. The van der Waals surface area contributed by atoms with Crippen LogP contribution in [0.2, 0.25) is 0 Å². The molecule has 4 rings (SSSR count). The summed E-state index contributed by atoms with van der Waals surface area (Å²) in [6.45, 7) is 2.05. The van der Waals surface area contributed by atoms with Gasteiger partial charge in [0.15, 0.2) is 0 Å². The van der Waals surface area contributed by atoms with Gasteiger partial charge in [0.25, 0.3) is 0 Å². The number of nitrogens with zero attached hydrogens (tertiary/aromatic N) is 1. The second-order valence-corrected chi connectivity index (χ2v) is 6.56. The van der Waals surface area contributed by atoms with E-state index in [0.29, 0.717) is 0 Å². The lowest BCUT2D eigenvalue weighted by atomic mass is 10.0. The van der Waals surface area contributed by atoms with Crippen LogP contribution >= 0.6 is 12.4 Å². The van der Waals surface area contributed by atoms with Gasteiger partial charge in [-0.2, -0.15) is 0 Å². The summed E-state index contributed by atoms with van der Waals surface area (Å²) in [5.41, 5.74) is 11.9. The molecule has 0 spiro atoms. The van der Waals surface area contributed by atoms with Gasteiger partial charge in [-0.15, -0.1) is 12.4 Å². The summed E-state index contributed by atoms with van der Waals surface area (Å²) in [4.78, 5) is 4.87. The molecule has 0 bridgehead atoms. The molecule has 2 aromatic carbocycles. The zero-order valence-corrected chi connectivity index (χ0v) is 15.2. The lowest BCUT2D eigenvalue weighted by Crippen LogP contribution is -2.03. The zero-order valence-electron chi connectivity index (χ0n) is 14.4. The normalized spacial score (nSPS) is 13.6. The van der Waals surface area contributed by atoms with E-state index < -0.39 is 0 Å². The highest BCUT2D eigenvalue weighted by atomic mass is 35.5. The number of benzene rings is 2. The highest BCUT2D eigenvalue weighted by molar-refractivity contribution is 5.93. The number of ether oxygens (including phenoxy) is 1. The van der Waals surface area contributed by atoms with Crippen molar-refractivity contribution in [3.8, 4) is 11.5 Å². The minimum absolute atomic E-state index is 0.